The van der Waals surface area contributed by atoms with E-state index < -0.39 is 0 Å². The smallest absolute Gasteiger partial charge is 0.319 e. The summed E-state index contributed by atoms with van der Waals surface area (Å²) in [5.74, 6) is 0.982. The minimum absolute atomic E-state index is 0.00293. The van der Waals surface area contributed by atoms with Gasteiger partial charge in [-0.05, 0) is 43.3 Å². The second kappa shape index (κ2) is 6.79. The molecule has 3 rings (SSSR count). The highest BCUT2D eigenvalue weighted by Gasteiger charge is 2.14. The summed E-state index contributed by atoms with van der Waals surface area (Å²) in [6.07, 6.45) is 4.17. The summed E-state index contributed by atoms with van der Waals surface area (Å²) in [6.45, 7) is 4.11. The fourth-order valence-corrected chi connectivity index (χ4v) is 3.30. The van der Waals surface area contributed by atoms with Crippen LogP contribution in [0.25, 0.3) is 0 Å². The Bertz CT molecular complexity index is 606. The molecular weight excluding hydrogens is 296 g/mol. The zero-order chi connectivity index (χ0) is 15.4. The van der Waals surface area contributed by atoms with Gasteiger partial charge in [-0.1, -0.05) is 6.07 Å². The minimum atomic E-state index is -0.211. The van der Waals surface area contributed by atoms with Gasteiger partial charge in [0, 0.05) is 18.0 Å². The van der Waals surface area contributed by atoms with Crippen molar-refractivity contribution in [3.8, 4) is 0 Å². The molecule has 1 saturated heterocycles. The number of nitrogens with zero attached hydrogens (tertiary/aromatic N) is 2. The Balaban J connectivity index is 1.55. The summed E-state index contributed by atoms with van der Waals surface area (Å²) in [5, 5.41) is 7.76. The number of carbonyl (C=O) groups excluding carboxylic acids is 1. The average Bonchev–Trinajstić information content (AvgIpc) is 3.21. The van der Waals surface area contributed by atoms with E-state index >= 15 is 0 Å². The van der Waals surface area contributed by atoms with Gasteiger partial charge >= 0.3 is 6.03 Å². The van der Waals surface area contributed by atoms with E-state index in [1.54, 1.807) is 17.5 Å². The molecule has 1 aliphatic rings. The lowest BCUT2D eigenvalue weighted by Gasteiger charge is -2.17. The monoisotopic (exact) mass is 316 g/mol. The number of urea groups is 1. The largest absolute Gasteiger partial charge is 0.357 e. The molecule has 116 valence electrons. The number of hydrogen-bond acceptors (Lipinski definition) is 4. The first-order chi connectivity index (χ1) is 10.7. The maximum atomic E-state index is 12.0. The molecule has 0 spiro atoms. The van der Waals surface area contributed by atoms with Crippen LogP contribution in [-0.4, -0.2) is 24.1 Å². The number of aromatic nitrogens is 1. The fourth-order valence-electron chi connectivity index (χ4n) is 2.57. The molecule has 1 fully saturated rings. The third-order valence-corrected chi connectivity index (χ3v) is 4.81. The Hall–Kier alpha value is -2.08. The first-order valence-corrected chi connectivity index (χ1v) is 8.42. The van der Waals surface area contributed by atoms with Crippen molar-refractivity contribution in [2.75, 3.05) is 23.3 Å². The standard InChI is InChI=1S/C16H20N4OS/c1-12(14-5-4-10-22-14)18-16(21)19-13-6-7-15(17-11-13)20-8-2-3-9-20/h4-7,10-12H,2-3,8-9H2,1H3,(H2,18,19,21)/t12-/m0/s1. The molecule has 0 unspecified atom stereocenters. The zero-order valence-corrected chi connectivity index (χ0v) is 13.4. The zero-order valence-electron chi connectivity index (χ0n) is 12.6. The molecule has 0 bridgehead atoms. The number of nitrogens with one attached hydrogen (secondary N) is 2. The molecule has 1 aliphatic heterocycles. The van der Waals surface area contributed by atoms with E-state index in [0.717, 1.165) is 23.8 Å². The van der Waals surface area contributed by atoms with Gasteiger partial charge in [-0.25, -0.2) is 9.78 Å². The van der Waals surface area contributed by atoms with Crippen LogP contribution >= 0.6 is 11.3 Å². The molecule has 2 amide bonds. The molecule has 5 nitrogen and oxygen atoms in total. The number of pyridine rings is 1. The Morgan fingerprint density at radius 1 is 1.32 bits per heavy atom. The maximum absolute atomic E-state index is 12.0. The van der Waals surface area contributed by atoms with Gasteiger partial charge in [0.15, 0.2) is 0 Å². The maximum Gasteiger partial charge on any atom is 0.319 e. The third kappa shape index (κ3) is 3.57. The average molecular weight is 316 g/mol. The van der Waals surface area contributed by atoms with Gasteiger partial charge < -0.3 is 15.5 Å². The van der Waals surface area contributed by atoms with E-state index in [0.29, 0.717) is 5.69 Å². The topological polar surface area (TPSA) is 57.3 Å². The molecule has 6 heteroatoms. The van der Waals surface area contributed by atoms with Crippen molar-refractivity contribution < 1.29 is 4.79 Å². The second-order valence-corrected chi connectivity index (χ2v) is 6.41. The molecule has 0 saturated carbocycles. The van der Waals surface area contributed by atoms with Crippen LogP contribution in [-0.2, 0) is 0 Å². The summed E-state index contributed by atoms with van der Waals surface area (Å²) in [6, 6.07) is 7.65. The molecule has 3 heterocycles. The van der Waals surface area contributed by atoms with Crippen molar-refractivity contribution in [3.05, 3.63) is 40.7 Å². The summed E-state index contributed by atoms with van der Waals surface area (Å²) >= 11 is 1.63. The van der Waals surface area contributed by atoms with Gasteiger partial charge in [0.25, 0.3) is 0 Å². The summed E-state index contributed by atoms with van der Waals surface area (Å²) < 4.78 is 0. The van der Waals surface area contributed by atoms with E-state index in [9.17, 15) is 4.79 Å². The van der Waals surface area contributed by atoms with Crippen LogP contribution in [0.15, 0.2) is 35.8 Å². The Morgan fingerprint density at radius 2 is 2.14 bits per heavy atom. The number of anilines is 2. The van der Waals surface area contributed by atoms with Crippen LogP contribution in [0.4, 0.5) is 16.3 Å². The minimum Gasteiger partial charge on any atom is -0.357 e. The van der Waals surface area contributed by atoms with Crippen molar-refractivity contribution in [2.24, 2.45) is 0 Å². The molecule has 2 aromatic rings. The van der Waals surface area contributed by atoms with Gasteiger partial charge in [-0.2, -0.15) is 0 Å². The van der Waals surface area contributed by atoms with Gasteiger partial charge in [-0.3, -0.25) is 0 Å². The molecule has 1 atom stereocenters. The van der Waals surface area contributed by atoms with Crippen molar-refractivity contribution in [1.82, 2.24) is 10.3 Å². The number of amides is 2. The second-order valence-electron chi connectivity index (χ2n) is 5.43. The SMILES string of the molecule is C[C@H](NC(=O)Nc1ccc(N2CCCC2)nc1)c1cccs1. The fraction of sp³-hybridized carbons (Fsp3) is 0.375. The Kier molecular flexibility index (Phi) is 4.58. The van der Waals surface area contributed by atoms with Gasteiger partial charge in [0.2, 0.25) is 0 Å². The normalized spacial score (nSPS) is 15.6. The molecule has 0 aromatic carbocycles. The van der Waals surface area contributed by atoms with Crippen LogP contribution in [0.1, 0.15) is 30.7 Å². The molecule has 2 N–H and O–H groups in total. The first kappa shape index (κ1) is 14.8. The van der Waals surface area contributed by atoms with Gasteiger partial charge in [-0.15, -0.1) is 11.3 Å². The highest BCUT2D eigenvalue weighted by Crippen LogP contribution is 2.20. The number of carbonyl (C=O) groups is 1. The predicted octanol–water partition coefficient (Wildman–Crippen LogP) is 3.63. The van der Waals surface area contributed by atoms with Crippen LogP contribution in [0.5, 0.6) is 0 Å². The highest BCUT2D eigenvalue weighted by atomic mass is 32.1. The Morgan fingerprint density at radius 3 is 2.77 bits per heavy atom. The lowest BCUT2D eigenvalue weighted by Crippen LogP contribution is -2.30. The van der Waals surface area contributed by atoms with E-state index in [1.165, 1.54) is 12.8 Å². The van der Waals surface area contributed by atoms with Crippen LogP contribution in [0, 0.1) is 0 Å². The molecular formula is C16H20N4OS. The van der Waals surface area contributed by atoms with Crippen LogP contribution < -0.4 is 15.5 Å². The van der Waals surface area contributed by atoms with Crippen LogP contribution in [0.3, 0.4) is 0 Å². The lowest BCUT2D eigenvalue weighted by atomic mass is 10.3. The highest BCUT2D eigenvalue weighted by molar-refractivity contribution is 7.10. The van der Waals surface area contributed by atoms with E-state index in [1.807, 2.05) is 36.6 Å². The van der Waals surface area contributed by atoms with Crippen molar-refractivity contribution in [1.29, 1.82) is 0 Å². The van der Waals surface area contributed by atoms with E-state index in [2.05, 4.69) is 20.5 Å². The number of thiophene rings is 1. The quantitative estimate of drug-likeness (QED) is 0.905. The summed E-state index contributed by atoms with van der Waals surface area (Å²) in [5.41, 5.74) is 0.707. The van der Waals surface area contributed by atoms with Gasteiger partial charge in [0.05, 0.1) is 17.9 Å². The predicted molar refractivity (Wildman–Crippen MR) is 90.6 cm³/mol. The molecule has 22 heavy (non-hydrogen) atoms. The molecule has 0 radical (unpaired) electrons. The third-order valence-electron chi connectivity index (χ3n) is 3.75. The summed E-state index contributed by atoms with van der Waals surface area (Å²) in [7, 11) is 0. The van der Waals surface area contributed by atoms with Crippen LogP contribution in [0.2, 0.25) is 0 Å². The van der Waals surface area contributed by atoms with Crippen molar-refractivity contribution in [2.45, 2.75) is 25.8 Å². The van der Waals surface area contributed by atoms with Crippen molar-refractivity contribution >= 4 is 28.9 Å². The van der Waals surface area contributed by atoms with Gasteiger partial charge in [0.1, 0.15) is 5.82 Å². The summed E-state index contributed by atoms with van der Waals surface area (Å²) in [4.78, 5) is 19.8. The molecule has 2 aromatic heterocycles. The first-order valence-electron chi connectivity index (χ1n) is 7.54. The molecule has 0 aliphatic carbocycles. The Labute approximate surface area is 134 Å². The number of rotatable bonds is 4. The van der Waals surface area contributed by atoms with Crippen molar-refractivity contribution in [3.63, 3.8) is 0 Å². The van der Waals surface area contributed by atoms with E-state index in [4.69, 9.17) is 0 Å². The lowest BCUT2D eigenvalue weighted by molar-refractivity contribution is 0.249. The number of hydrogen-bond donors (Lipinski definition) is 2. The van der Waals surface area contributed by atoms with E-state index in [-0.39, 0.29) is 12.1 Å².